The van der Waals surface area contributed by atoms with Gasteiger partial charge in [0.15, 0.2) is 18.5 Å². The van der Waals surface area contributed by atoms with E-state index < -0.39 is 42.5 Å². The molecule has 0 aromatic heterocycles. The van der Waals surface area contributed by atoms with Crippen molar-refractivity contribution in [1.82, 2.24) is 4.90 Å². The van der Waals surface area contributed by atoms with Gasteiger partial charge in [0.2, 0.25) is 0 Å². The van der Waals surface area contributed by atoms with Gasteiger partial charge in [-0.05, 0) is 26.9 Å². The van der Waals surface area contributed by atoms with Gasteiger partial charge < -0.3 is 29.0 Å². The molecule has 1 saturated heterocycles. The van der Waals surface area contributed by atoms with E-state index in [1.807, 2.05) is 19.0 Å². The smallest absolute Gasteiger partial charge is 0.307 e. The first-order chi connectivity index (χ1) is 22.8. The highest BCUT2D eigenvalue weighted by Crippen LogP contribution is 2.27. The highest BCUT2D eigenvalue weighted by molar-refractivity contribution is 5.71. The zero-order chi connectivity index (χ0) is 34.5. The maximum absolute atomic E-state index is 12.8. The molecule has 1 N–H and O–H groups in total. The largest absolute Gasteiger partial charge is 0.463 e. The van der Waals surface area contributed by atoms with Crippen LogP contribution in [-0.2, 0) is 33.3 Å². The molecule has 1 aliphatic heterocycles. The Morgan fingerprint density at radius 3 is 1.34 bits per heavy atom. The first-order valence-electron chi connectivity index (χ1n) is 19.3. The van der Waals surface area contributed by atoms with Crippen molar-refractivity contribution in [3.05, 3.63) is 0 Å². The Morgan fingerprint density at radius 1 is 0.553 bits per heavy atom. The number of carbonyl (C=O) groups excluding carboxylic acids is 3. The van der Waals surface area contributed by atoms with E-state index in [9.17, 15) is 19.5 Å². The van der Waals surface area contributed by atoms with Gasteiger partial charge in [0.1, 0.15) is 12.7 Å². The number of ether oxygens (including phenoxy) is 4. The summed E-state index contributed by atoms with van der Waals surface area (Å²) in [5.74, 6) is -1.30. The maximum atomic E-state index is 12.8. The van der Waals surface area contributed by atoms with Crippen LogP contribution in [0, 0.1) is 0 Å². The minimum Gasteiger partial charge on any atom is -0.463 e. The molecule has 1 fully saturated rings. The standard InChI is InChI=1S/C38H71NO8/c1-5-7-9-11-13-15-17-19-21-23-25-27-34(41)46-36-32(31-44-33(40)29-30-39(3)4)45-38(43)37(36)47-35(42)28-26-24-22-20-18-16-14-12-10-8-6-2/h32,36-38,43H,5-31H2,1-4H3/t32-,36+,37+,38-/m1/s1. The molecule has 0 spiro atoms. The van der Waals surface area contributed by atoms with Crippen molar-refractivity contribution < 1.29 is 38.4 Å². The Kier molecular flexibility index (Phi) is 26.9. The molecule has 4 atom stereocenters. The van der Waals surface area contributed by atoms with Crippen LogP contribution in [0.3, 0.4) is 0 Å². The molecule has 1 rings (SSSR count). The lowest BCUT2D eigenvalue weighted by atomic mass is 10.1. The van der Waals surface area contributed by atoms with Gasteiger partial charge in [0, 0.05) is 19.4 Å². The van der Waals surface area contributed by atoms with E-state index in [1.165, 1.54) is 103 Å². The summed E-state index contributed by atoms with van der Waals surface area (Å²) in [7, 11) is 3.73. The van der Waals surface area contributed by atoms with Crippen LogP contribution in [0.5, 0.6) is 0 Å². The monoisotopic (exact) mass is 670 g/mol. The molecule has 0 unspecified atom stereocenters. The van der Waals surface area contributed by atoms with Gasteiger partial charge >= 0.3 is 17.9 Å². The molecule has 9 heteroatoms. The quantitative estimate of drug-likeness (QED) is 0.0442. The normalized spacial score (nSPS) is 19.3. The van der Waals surface area contributed by atoms with Crippen molar-refractivity contribution in [3.8, 4) is 0 Å². The van der Waals surface area contributed by atoms with Crippen LogP contribution in [0.15, 0.2) is 0 Å². The van der Waals surface area contributed by atoms with E-state index in [0.29, 0.717) is 19.4 Å². The topological polar surface area (TPSA) is 112 Å². The molecule has 0 aromatic carbocycles. The van der Waals surface area contributed by atoms with E-state index in [1.54, 1.807) is 0 Å². The molecule has 0 radical (unpaired) electrons. The van der Waals surface area contributed by atoms with Crippen LogP contribution in [0.2, 0.25) is 0 Å². The van der Waals surface area contributed by atoms with Crippen LogP contribution in [-0.4, -0.2) is 79.8 Å². The highest BCUT2D eigenvalue weighted by Gasteiger charge is 2.49. The summed E-state index contributed by atoms with van der Waals surface area (Å²) >= 11 is 0. The molecule has 0 aliphatic carbocycles. The van der Waals surface area contributed by atoms with E-state index >= 15 is 0 Å². The van der Waals surface area contributed by atoms with Crippen molar-refractivity contribution >= 4 is 17.9 Å². The fourth-order valence-corrected chi connectivity index (χ4v) is 5.96. The van der Waals surface area contributed by atoms with Gasteiger partial charge in [0.05, 0.1) is 6.42 Å². The third-order valence-corrected chi connectivity index (χ3v) is 8.96. The third kappa shape index (κ3) is 23.3. The molecule has 1 heterocycles. The first kappa shape index (κ1) is 43.3. The molecule has 276 valence electrons. The summed E-state index contributed by atoms with van der Waals surface area (Å²) in [6.07, 6.45) is 22.0. The van der Waals surface area contributed by atoms with Crippen molar-refractivity contribution in [3.63, 3.8) is 0 Å². The Labute approximate surface area is 287 Å². The second-order valence-electron chi connectivity index (χ2n) is 13.8. The zero-order valence-electron chi connectivity index (χ0n) is 30.7. The van der Waals surface area contributed by atoms with Crippen molar-refractivity contribution in [1.29, 1.82) is 0 Å². The summed E-state index contributed by atoms with van der Waals surface area (Å²) in [5.41, 5.74) is 0. The number of hydrogen-bond acceptors (Lipinski definition) is 9. The summed E-state index contributed by atoms with van der Waals surface area (Å²) < 4.78 is 22.3. The minimum absolute atomic E-state index is 0.197. The molecular weight excluding hydrogens is 598 g/mol. The fraction of sp³-hybridized carbons (Fsp3) is 0.921. The number of rotatable bonds is 31. The highest BCUT2D eigenvalue weighted by atomic mass is 16.7. The van der Waals surface area contributed by atoms with Crippen LogP contribution in [0.1, 0.15) is 174 Å². The zero-order valence-corrected chi connectivity index (χ0v) is 30.7. The van der Waals surface area contributed by atoms with E-state index in [0.717, 1.165) is 25.7 Å². The lowest BCUT2D eigenvalue weighted by molar-refractivity contribution is -0.177. The number of unbranched alkanes of at least 4 members (excludes halogenated alkanes) is 20. The average molecular weight is 670 g/mol. The minimum atomic E-state index is -1.47. The first-order valence-corrected chi connectivity index (χ1v) is 19.3. The Balaban J connectivity index is 2.47. The van der Waals surface area contributed by atoms with Crippen LogP contribution >= 0.6 is 0 Å². The SMILES string of the molecule is CCCCCCCCCCCCCC(=O)O[C@@H]1[C@H](OC(=O)CCCCCCCCCCCCC)[C@H](O)O[C@@H]1COC(=O)CCN(C)C. The summed E-state index contributed by atoms with van der Waals surface area (Å²) in [4.78, 5) is 39.7. The molecule has 0 amide bonds. The van der Waals surface area contributed by atoms with Crippen molar-refractivity contribution in [2.45, 2.75) is 199 Å². The van der Waals surface area contributed by atoms with Crippen LogP contribution in [0.4, 0.5) is 0 Å². The summed E-state index contributed by atoms with van der Waals surface area (Å²) in [6.45, 7) is 4.80. The van der Waals surface area contributed by atoms with E-state index in [-0.39, 0.29) is 25.9 Å². The number of hydrogen-bond donors (Lipinski definition) is 1. The number of aliphatic hydroxyl groups excluding tert-OH is 1. The van der Waals surface area contributed by atoms with Gasteiger partial charge in [-0.2, -0.15) is 0 Å². The van der Waals surface area contributed by atoms with Crippen LogP contribution < -0.4 is 0 Å². The molecule has 9 nitrogen and oxygen atoms in total. The third-order valence-electron chi connectivity index (χ3n) is 8.96. The van der Waals surface area contributed by atoms with Crippen LogP contribution in [0.25, 0.3) is 0 Å². The Hall–Kier alpha value is -1.71. The Bertz CT molecular complexity index is 792. The second-order valence-corrected chi connectivity index (χ2v) is 13.8. The van der Waals surface area contributed by atoms with E-state index in [4.69, 9.17) is 18.9 Å². The summed E-state index contributed by atoms with van der Waals surface area (Å²) in [6, 6.07) is 0. The number of nitrogens with zero attached hydrogens (tertiary/aromatic N) is 1. The van der Waals surface area contributed by atoms with Crippen molar-refractivity contribution in [2.24, 2.45) is 0 Å². The lowest BCUT2D eigenvalue weighted by Crippen LogP contribution is -2.42. The lowest BCUT2D eigenvalue weighted by Gasteiger charge is -2.23. The molecule has 47 heavy (non-hydrogen) atoms. The Morgan fingerprint density at radius 2 is 0.936 bits per heavy atom. The van der Waals surface area contributed by atoms with Crippen molar-refractivity contribution in [2.75, 3.05) is 27.2 Å². The van der Waals surface area contributed by atoms with Gasteiger partial charge in [-0.15, -0.1) is 0 Å². The molecule has 0 aromatic rings. The number of aliphatic hydroxyl groups is 1. The maximum Gasteiger partial charge on any atom is 0.307 e. The average Bonchev–Trinajstić information content (AvgIpc) is 3.33. The number of esters is 3. The summed E-state index contributed by atoms with van der Waals surface area (Å²) in [5, 5.41) is 10.6. The van der Waals surface area contributed by atoms with Gasteiger partial charge in [-0.1, -0.05) is 142 Å². The molecular formula is C38H71NO8. The second kappa shape index (κ2) is 29.2. The van der Waals surface area contributed by atoms with Gasteiger partial charge in [-0.3, -0.25) is 14.4 Å². The fourth-order valence-electron chi connectivity index (χ4n) is 5.96. The molecule has 0 bridgehead atoms. The number of carbonyl (C=O) groups is 3. The molecule has 1 aliphatic rings. The van der Waals surface area contributed by atoms with E-state index in [2.05, 4.69) is 13.8 Å². The van der Waals surface area contributed by atoms with Gasteiger partial charge in [0.25, 0.3) is 0 Å². The predicted octanol–water partition coefficient (Wildman–Crippen LogP) is 8.42. The van der Waals surface area contributed by atoms with Gasteiger partial charge in [-0.25, -0.2) is 0 Å². The molecule has 0 saturated carbocycles. The predicted molar refractivity (Wildman–Crippen MR) is 187 cm³/mol.